The van der Waals surface area contributed by atoms with Crippen LogP contribution in [0.3, 0.4) is 0 Å². The van der Waals surface area contributed by atoms with E-state index in [4.69, 9.17) is 0 Å². The van der Waals surface area contributed by atoms with Gasteiger partial charge in [-0.05, 0) is 26.0 Å². The number of nitrogens with zero attached hydrogens (tertiary/aromatic N) is 4. The molecule has 7 nitrogen and oxygen atoms in total. The molecule has 0 saturated carbocycles. The SMILES string of the molecule is Cc1cc(C)n(-c2nc(CCNC(=O)C3C=CC=NC3=O)cs2)n1. The number of aliphatic imine (C=N–C) groups is 1. The number of rotatable bonds is 5. The molecule has 3 rings (SSSR count). The Morgan fingerprint density at radius 2 is 2.25 bits per heavy atom. The van der Waals surface area contributed by atoms with Crippen molar-refractivity contribution in [1.82, 2.24) is 20.1 Å². The Hall–Kier alpha value is -2.61. The summed E-state index contributed by atoms with van der Waals surface area (Å²) < 4.78 is 1.81. The number of aromatic nitrogens is 3. The monoisotopic (exact) mass is 343 g/mol. The van der Waals surface area contributed by atoms with Crippen molar-refractivity contribution < 1.29 is 9.59 Å². The second-order valence-electron chi connectivity index (χ2n) is 5.48. The number of hydrogen-bond acceptors (Lipinski definition) is 5. The number of carbonyl (C=O) groups is 2. The van der Waals surface area contributed by atoms with Gasteiger partial charge in [0.25, 0.3) is 5.91 Å². The third-order valence-corrected chi connectivity index (χ3v) is 4.42. The van der Waals surface area contributed by atoms with Gasteiger partial charge in [0, 0.05) is 30.3 Å². The molecule has 8 heteroatoms. The average Bonchev–Trinajstić information content (AvgIpc) is 3.13. The number of aryl methyl sites for hydroxylation is 2. The Morgan fingerprint density at radius 1 is 1.42 bits per heavy atom. The minimum absolute atomic E-state index is 0.331. The first-order valence-electron chi connectivity index (χ1n) is 7.55. The molecule has 0 fully saturated rings. The summed E-state index contributed by atoms with van der Waals surface area (Å²) in [6.07, 6.45) is 5.14. The maximum atomic E-state index is 12.0. The van der Waals surface area contributed by atoms with E-state index in [2.05, 4.69) is 20.4 Å². The van der Waals surface area contributed by atoms with Crippen molar-refractivity contribution in [2.24, 2.45) is 10.9 Å². The average molecular weight is 343 g/mol. The number of nitrogens with one attached hydrogen (secondary N) is 1. The van der Waals surface area contributed by atoms with Crippen LogP contribution in [0.5, 0.6) is 0 Å². The zero-order valence-corrected chi connectivity index (χ0v) is 14.2. The van der Waals surface area contributed by atoms with Crippen molar-refractivity contribution in [2.75, 3.05) is 6.54 Å². The van der Waals surface area contributed by atoms with Crippen molar-refractivity contribution in [2.45, 2.75) is 20.3 Å². The van der Waals surface area contributed by atoms with E-state index in [-0.39, 0.29) is 5.91 Å². The van der Waals surface area contributed by atoms with Crippen LogP contribution >= 0.6 is 11.3 Å². The lowest BCUT2D eigenvalue weighted by molar-refractivity contribution is -0.131. The molecule has 0 spiro atoms. The molecule has 0 aromatic carbocycles. The zero-order chi connectivity index (χ0) is 17.1. The van der Waals surface area contributed by atoms with Gasteiger partial charge in [-0.2, -0.15) is 5.10 Å². The number of carbonyl (C=O) groups excluding carboxylic acids is 2. The van der Waals surface area contributed by atoms with E-state index in [9.17, 15) is 9.59 Å². The largest absolute Gasteiger partial charge is 0.355 e. The molecule has 24 heavy (non-hydrogen) atoms. The summed E-state index contributed by atoms with van der Waals surface area (Å²) in [5.41, 5.74) is 2.86. The minimum atomic E-state index is -0.823. The molecule has 2 aromatic rings. The fourth-order valence-electron chi connectivity index (χ4n) is 2.39. The Balaban J connectivity index is 1.55. The fraction of sp³-hybridized carbons (Fsp3) is 0.312. The van der Waals surface area contributed by atoms with E-state index in [1.54, 1.807) is 12.2 Å². The van der Waals surface area contributed by atoms with Crippen LogP contribution in [0.2, 0.25) is 0 Å². The molecular weight excluding hydrogens is 326 g/mol. The number of allylic oxidation sites excluding steroid dienone is 1. The van der Waals surface area contributed by atoms with Crippen LogP contribution < -0.4 is 5.32 Å². The first kappa shape index (κ1) is 16.3. The van der Waals surface area contributed by atoms with Crippen molar-refractivity contribution in [3.63, 3.8) is 0 Å². The van der Waals surface area contributed by atoms with E-state index in [1.807, 2.05) is 30.0 Å². The van der Waals surface area contributed by atoms with Crippen LogP contribution in [0.4, 0.5) is 0 Å². The second-order valence-corrected chi connectivity index (χ2v) is 6.32. The van der Waals surface area contributed by atoms with Crippen molar-refractivity contribution in [1.29, 1.82) is 0 Å². The van der Waals surface area contributed by atoms with E-state index in [0.717, 1.165) is 22.2 Å². The highest BCUT2D eigenvalue weighted by atomic mass is 32.1. The standard InChI is InChI=1S/C16H17N5O2S/c1-10-8-11(2)21(20-10)16-19-12(9-24-16)5-7-18-15(23)13-4-3-6-17-14(13)22/h3-4,6,8-9,13H,5,7H2,1-2H3,(H,18,23). The maximum Gasteiger partial charge on any atom is 0.262 e. The number of dihydropyridines is 1. The van der Waals surface area contributed by atoms with Gasteiger partial charge in [-0.1, -0.05) is 6.08 Å². The van der Waals surface area contributed by atoms with E-state index < -0.39 is 11.8 Å². The first-order chi connectivity index (χ1) is 11.5. The molecule has 0 saturated heterocycles. The van der Waals surface area contributed by atoms with Gasteiger partial charge in [0.05, 0.1) is 11.4 Å². The lowest BCUT2D eigenvalue weighted by Gasteiger charge is -2.11. The van der Waals surface area contributed by atoms with Gasteiger partial charge in [0.2, 0.25) is 11.0 Å². The Kier molecular flexibility index (Phi) is 4.66. The van der Waals surface area contributed by atoms with Gasteiger partial charge in [-0.3, -0.25) is 9.59 Å². The number of hydrogen-bond donors (Lipinski definition) is 1. The predicted molar refractivity (Wildman–Crippen MR) is 91.6 cm³/mol. The van der Waals surface area contributed by atoms with Crippen LogP contribution in [-0.2, 0) is 16.0 Å². The topological polar surface area (TPSA) is 89.2 Å². The molecule has 0 radical (unpaired) electrons. The highest BCUT2D eigenvalue weighted by molar-refractivity contribution is 7.12. The van der Waals surface area contributed by atoms with Crippen molar-refractivity contribution >= 4 is 29.4 Å². The molecule has 3 heterocycles. The molecule has 1 atom stereocenters. The summed E-state index contributed by atoms with van der Waals surface area (Å²) in [4.78, 5) is 31.7. The van der Waals surface area contributed by atoms with Crippen LogP contribution in [0.1, 0.15) is 17.1 Å². The van der Waals surface area contributed by atoms with Crippen LogP contribution in [0.15, 0.2) is 28.6 Å². The van der Waals surface area contributed by atoms with Crippen LogP contribution in [0, 0.1) is 19.8 Å². The third-order valence-electron chi connectivity index (χ3n) is 3.55. The molecule has 2 aromatic heterocycles. The summed E-state index contributed by atoms with van der Waals surface area (Å²) in [5.74, 6) is -1.59. The molecule has 1 aliphatic heterocycles. The third kappa shape index (κ3) is 3.48. The predicted octanol–water partition coefficient (Wildman–Crippen LogP) is 1.39. The number of thiazole rings is 1. The molecule has 2 amide bonds. The van der Waals surface area contributed by atoms with E-state index >= 15 is 0 Å². The van der Waals surface area contributed by atoms with Gasteiger partial charge in [0.1, 0.15) is 5.92 Å². The summed E-state index contributed by atoms with van der Waals surface area (Å²) in [7, 11) is 0. The van der Waals surface area contributed by atoms with Gasteiger partial charge < -0.3 is 5.32 Å². The Morgan fingerprint density at radius 3 is 2.96 bits per heavy atom. The molecule has 1 N–H and O–H groups in total. The van der Waals surface area contributed by atoms with Gasteiger partial charge in [-0.15, -0.1) is 11.3 Å². The highest BCUT2D eigenvalue weighted by Gasteiger charge is 2.24. The molecule has 0 aliphatic carbocycles. The molecule has 124 valence electrons. The normalized spacial score (nSPS) is 16.6. The van der Waals surface area contributed by atoms with Gasteiger partial charge in [0.15, 0.2) is 0 Å². The lowest BCUT2D eigenvalue weighted by Crippen LogP contribution is -2.35. The summed E-state index contributed by atoms with van der Waals surface area (Å²) >= 11 is 1.51. The van der Waals surface area contributed by atoms with E-state index in [1.165, 1.54) is 17.6 Å². The Labute approximate surface area is 143 Å². The van der Waals surface area contributed by atoms with E-state index in [0.29, 0.717) is 13.0 Å². The first-order valence-corrected chi connectivity index (χ1v) is 8.43. The molecular formula is C16H17N5O2S. The summed E-state index contributed by atoms with van der Waals surface area (Å²) in [5, 5.41) is 9.92. The lowest BCUT2D eigenvalue weighted by atomic mass is 10.1. The Bertz CT molecular complexity index is 833. The highest BCUT2D eigenvalue weighted by Crippen LogP contribution is 2.17. The second kappa shape index (κ2) is 6.88. The van der Waals surface area contributed by atoms with Gasteiger partial charge >= 0.3 is 0 Å². The zero-order valence-electron chi connectivity index (χ0n) is 13.4. The fourth-order valence-corrected chi connectivity index (χ4v) is 3.26. The van der Waals surface area contributed by atoms with Crippen molar-refractivity contribution in [3.05, 3.63) is 40.7 Å². The quantitative estimate of drug-likeness (QED) is 0.831. The molecule has 1 unspecified atom stereocenters. The summed E-state index contributed by atoms with van der Waals surface area (Å²) in [6, 6.07) is 2.00. The number of amides is 2. The molecule has 1 aliphatic rings. The molecule has 0 bridgehead atoms. The van der Waals surface area contributed by atoms with Crippen LogP contribution in [-0.4, -0.2) is 39.3 Å². The van der Waals surface area contributed by atoms with Crippen LogP contribution in [0.25, 0.3) is 5.13 Å². The smallest absolute Gasteiger partial charge is 0.262 e. The maximum absolute atomic E-state index is 12.0. The van der Waals surface area contributed by atoms with Gasteiger partial charge in [-0.25, -0.2) is 14.7 Å². The van der Waals surface area contributed by atoms with Crippen molar-refractivity contribution in [3.8, 4) is 5.13 Å². The summed E-state index contributed by atoms with van der Waals surface area (Å²) in [6.45, 7) is 4.34. The minimum Gasteiger partial charge on any atom is -0.355 e.